The fraction of sp³-hybridized carbons (Fsp3) is 0.538. The van der Waals surface area contributed by atoms with Crippen LogP contribution >= 0.6 is 0 Å². The second-order valence-electron chi connectivity index (χ2n) is 4.57. The number of aryl methyl sites for hydroxylation is 2. The number of hydrogen-bond donors (Lipinski definition) is 2. The molecular weight excluding hydrogens is 257 g/mol. The number of nitrogens with two attached hydrogens (primary N) is 1. The molecular formula is C13H19F3N2O. The summed E-state index contributed by atoms with van der Waals surface area (Å²) in [6.45, 7) is 2.60. The molecule has 1 atom stereocenters. The van der Waals surface area contributed by atoms with E-state index in [1.807, 2.05) is 32.0 Å². The number of benzene rings is 1. The van der Waals surface area contributed by atoms with Gasteiger partial charge in [-0.2, -0.15) is 13.2 Å². The van der Waals surface area contributed by atoms with Crippen LogP contribution in [-0.4, -0.2) is 25.4 Å². The second-order valence-corrected chi connectivity index (χ2v) is 4.57. The molecule has 0 aliphatic rings. The summed E-state index contributed by atoms with van der Waals surface area (Å²) in [5.41, 5.74) is 5.77. The maximum Gasteiger partial charge on any atom is 0.411 e. The Hall–Kier alpha value is -1.11. The van der Waals surface area contributed by atoms with Crippen LogP contribution in [0.25, 0.3) is 0 Å². The highest BCUT2D eigenvalue weighted by molar-refractivity contribution is 5.34. The molecule has 0 heterocycles. The highest BCUT2D eigenvalue weighted by Crippen LogP contribution is 2.17. The molecule has 0 saturated carbocycles. The quantitative estimate of drug-likeness (QED) is 0.619. The van der Waals surface area contributed by atoms with Crippen molar-refractivity contribution in [2.45, 2.75) is 32.5 Å². The van der Waals surface area contributed by atoms with Crippen molar-refractivity contribution in [2.75, 3.05) is 13.2 Å². The van der Waals surface area contributed by atoms with Gasteiger partial charge in [0.25, 0.3) is 0 Å². The van der Waals surface area contributed by atoms with E-state index in [9.17, 15) is 13.2 Å². The van der Waals surface area contributed by atoms with Crippen LogP contribution < -0.4 is 11.3 Å². The minimum absolute atomic E-state index is 0.0796. The zero-order chi connectivity index (χ0) is 14.5. The summed E-state index contributed by atoms with van der Waals surface area (Å²) in [7, 11) is 0. The third-order valence-electron chi connectivity index (χ3n) is 2.92. The van der Waals surface area contributed by atoms with Crippen LogP contribution in [0.1, 0.15) is 16.7 Å². The molecule has 0 saturated heterocycles. The molecule has 0 bridgehead atoms. The zero-order valence-electron chi connectivity index (χ0n) is 11.1. The first-order valence-corrected chi connectivity index (χ1v) is 5.99. The van der Waals surface area contributed by atoms with Crippen LogP contribution in [-0.2, 0) is 11.2 Å². The summed E-state index contributed by atoms with van der Waals surface area (Å²) >= 11 is 0. The Morgan fingerprint density at radius 3 is 2.32 bits per heavy atom. The van der Waals surface area contributed by atoms with E-state index in [0.29, 0.717) is 6.42 Å². The average molecular weight is 276 g/mol. The van der Waals surface area contributed by atoms with Gasteiger partial charge in [0, 0.05) is 6.04 Å². The van der Waals surface area contributed by atoms with Crippen LogP contribution in [0.5, 0.6) is 0 Å². The van der Waals surface area contributed by atoms with Gasteiger partial charge >= 0.3 is 6.18 Å². The lowest BCUT2D eigenvalue weighted by atomic mass is 9.97. The molecule has 1 unspecified atom stereocenters. The van der Waals surface area contributed by atoms with Gasteiger partial charge < -0.3 is 4.74 Å². The first kappa shape index (κ1) is 15.9. The molecule has 0 amide bonds. The van der Waals surface area contributed by atoms with Gasteiger partial charge in [-0.25, -0.2) is 0 Å². The summed E-state index contributed by atoms with van der Waals surface area (Å²) in [6.07, 6.45) is -3.77. The number of rotatable bonds is 6. The standard InChI is InChI=1S/C13H19F3N2O/c1-9-4-3-5-10(2)12(9)6-11(18-17)7-19-8-13(14,15)16/h3-5,11,18H,6-8,17H2,1-2H3. The van der Waals surface area contributed by atoms with Crippen molar-refractivity contribution < 1.29 is 17.9 Å². The normalized spacial score (nSPS) is 13.6. The van der Waals surface area contributed by atoms with Gasteiger partial charge in [-0.05, 0) is 37.0 Å². The number of nitrogens with one attached hydrogen (secondary N) is 1. The van der Waals surface area contributed by atoms with E-state index >= 15 is 0 Å². The predicted molar refractivity (Wildman–Crippen MR) is 67.6 cm³/mol. The van der Waals surface area contributed by atoms with E-state index in [1.54, 1.807) is 0 Å². The van der Waals surface area contributed by atoms with Gasteiger partial charge in [0.05, 0.1) is 6.61 Å². The highest BCUT2D eigenvalue weighted by Gasteiger charge is 2.27. The SMILES string of the molecule is Cc1cccc(C)c1CC(COCC(F)(F)F)NN. The Kier molecular flexibility index (Phi) is 5.78. The molecule has 0 spiro atoms. The molecule has 0 aliphatic heterocycles. The molecule has 0 aliphatic carbocycles. The van der Waals surface area contributed by atoms with E-state index in [1.165, 1.54) is 0 Å². The molecule has 3 N–H and O–H groups in total. The number of hydrogen-bond acceptors (Lipinski definition) is 3. The Morgan fingerprint density at radius 2 is 1.84 bits per heavy atom. The van der Waals surface area contributed by atoms with Crippen LogP contribution in [0.4, 0.5) is 13.2 Å². The largest absolute Gasteiger partial charge is 0.411 e. The predicted octanol–water partition coefficient (Wildman–Crippen LogP) is 2.26. The first-order chi connectivity index (χ1) is 8.83. The molecule has 6 heteroatoms. The van der Waals surface area contributed by atoms with Crippen LogP contribution in [0, 0.1) is 13.8 Å². The Bertz CT molecular complexity index is 387. The Morgan fingerprint density at radius 1 is 1.26 bits per heavy atom. The van der Waals surface area contributed by atoms with Gasteiger partial charge in [0.15, 0.2) is 0 Å². The summed E-state index contributed by atoms with van der Waals surface area (Å²) in [4.78, 5) is 0. The Labute approximate surface area is 110 Å². The van der Waals surface area contributed by atoms with Crippen LogP contribution in [0.15, 0.2) is 18.2 Å². The van der Waals surface area contributed by atoms with E-state index in [0.717, 1.165) is 16.7 Å². The first-order valence-electron chi connectivity index (χ1n) is 5.99. The zero-order valence-corrected chi connectivity index (χ0v) is 11.1. The molecule has 1 aromatic rings. The molecule has 1 rings (SSSR count). The molecule has 19 heavy (non-hydrogen) atoms. The van der Waals surface area contributed by atoms with Crippen molar-refractivity contribution >= 4 is 0 Å². The summed E-state index contributed by atoms with van der Waals surface area (Å²) in [5.74, 6) is 5.36. The fourth-order valence-corrected chi connectivity index (χ4v) is 1.90. The van der Waals surface area contributed by atoms with Crippen molar-refractivity contribution in [3.63, 3.8) is 0 Å². The minimum Gasteiger partial charge on any atom is -0.370 e. The second kappa shape index (κ2) is 6.88. The summed E-state index contributed by atoms with van der Waals surface area (Å²) < 4.78 is 40.6. The molecule has 3 nitrogen and oxygen atoms in total. The van der Waals surface area contributed by atoms with E-state index in [-0.39, 0.29) is 12.6 Å². The van der Waals surface area contributed by atoms with Crippen LogP contribution in [0.3, 0.4) is 0 Å². The average Bonchev–Trinajstić information content (AvgIpc) is 2.30. The van der Waals surface area contributed by atoms with Crippen molar-refractivity contribution in [3.8, 4) is 0 Å². The number of ether oxygens (including phenoxy) is 1. The van der Waals surface area contributed by atoms with Gasteiger partial charge in [-0.3, -0.25) is 11.3 Å². The molecule has 0 fully saturated rings. The number of halogens is 3. The monoisotopic (exact) mass is 276 g/mol. The highest BCUT2D eigenvalue weighted by atomic mass is 19.4. The maximum atomic E-state index is 12.0. The summed E-state index contributed by atoms with van der Waals surface area (Å²) in [6, 6.07) is 5.53. The van der Waals surface area contributed by atoms with Crippen molar-refractivity contribution in [2.24, 2.45) is 5.84 Å². The molecule has 108 valence electrons. The lowest BCUT2D eigenvalue weighted by Crippen LogP contribution is -2.41. The van der Waals surface area contributed by atoms with Gasteiger partial charge in [-0.1, -0.05) is 18.2 Å². The van der Waals surface area contributed by atoms with Crippen molar-refractivity contribution in [1.29, 1.82) is 0 Å². The van der Waals surface area contributed by atoms with E-state index in [2.05, 4.69) is 10.2 Å². The lowest BCUT2D eigenvalue weighted by Gasteiger charge is -2.19. The van der Waals surface area contributed by atoms with Gasteiger partial charge in [-0.15, -0.1) is 0 Å². The third-order valence-corrected chi connectivity index (χ3v) is 2.92. The summed E-state index contributed by atoms with van der Waals surface area (Å²) in [5, 5.41) is 0. The molecule has 0 radical (unpaired) electrons. The van der Waals surface area contributed by atoms with Crippen molar-refractivity contribution in [1.82, 2.24) is 5.43 Å². The third kappa shape index (κ3) is 5.59. The molecule has 1 aromatic carbocycles. The smallest absolute Gasteiger partial charge is 0.370 e. The van der Waals surface area contributed by atoms with E-state index < -0.39 is 12.8 Å². The maximum absolute atomic E-state index is 12.0. The number of hydrazine groups is 1. The topological polar surface area (TPSA) is 47.3 Å². The lowest BCUT2D eigenvalue weighted by molar-refractivity contribution is -0.175. The van der Waals surface area contributed by atoms with E-state index in [4.69, 9.17) is 5.84 Å². The Balaban J connectivity index is 2.57. The van der Waals surface area contributed by atoms with Crippen molar-refractivity contribution in [3.05, 3.63) is 34.9 Å². The number of alkyl halides is 3. The molecule has 0 aromatic heterocycles. The van der Waals surface area contributed by atoms with Gasteiger partial charge in [0.2, 0.25) is 0 Å². The fourth-order valence-electron chi connectivity index (χ4n) is 1.90. The van der Waals surface area contributed by atoms with Gasteiger partial charge in [0.1, 0.15) is 6.61 Å². The minimum atomic E-state index is -4.31. The van der Waals surface area contributed by atoms with Crippen LogP contribution in [0.2, 0.25) is 0 Å².